The molecule has 0 spiro atoms. The van der Waals surface area contributed by atoms with Crippen molar-refractivity contribution in [1.29, 1.82) is 0 Å². The van der Waals surface area contributed by atoms with E-state index in [0.29, 0.717) is 22.1 Å². The van der Waals surface area contributed by atoms with Crippen LogP contribution in [0.5, 0.6) is 0 Å². The first-order valence-electron chi connectivity index (χ1n) is 10.5. The van der Waals surface area contributed by atoms with Gasteiger partial charge in [0.25, 0.3) is 5.91 Å². The third-order valence-corrected chi connectivity index (χ3v) is 5.40. The Kier molecular flexibility index (Phi) is 8.51. The molecule has 0 saturated heterocycles. The van der Waals surface area contributed by atoms with Gasteiger partial charge in [0.15, 0.2) is 0 Å². The van der Waals surface area contributed by atoms with Crippen LogP contribution in [0.3, 0.4) is 0 Å². The molecule has 3 aromatic carbocycles. The van der Waals surface area contributed by atoms with Crippen molar-refractivity contribution in [3.05, 3.63) is 88.4 Å². The highest BCUT2D eigenvalue weighted by Gasteiger charge is 2.25. The monoisotopic (exact) mass is 498 g/mol. The van der Waals surface area contributed by atoms with Crippen LogP contribution < -0.4 is 21.3 Å². The zero-order chi connectivity index (χ0) is 24.7. The molecule has 4 amide bonds. The number of halogens is 2. The van der Waals surface area contributed by atoms with Crippen molar-refractivity contribution in [3.63, 3.8) is 0 Å². The Balaban J connectivity index is 1.60. The lowest BCUT2D eigenvalue weighted by atomic mass is 10.0. The number of anilines is 3. The van der Waals surface area contributed by atoms with E-state index in [2.05, 4.69) is 21.3 Å². The Morgan fingerprint density at radius 2 is 1.29 bits per heavy atom. The molecule has 0 radical (unpaired) electrons. The van der Waals surface area contributed by atoms with Gasteiger partial charge < -0.3 is 21.3 Å². The van der Waals surface area contributed by atoms with Gasteiger partial charge >= 0.3 is 6.03 Å². The Hall–Kier alpha value is -3.55. The first kappa shape index (κ1) is 25.1. The summed E-state index contributed by atoms with van der Waals surface area (Å²) in [5.74, 6) is -1.03. The third kappa shape index (κ3) is 6.97. The van der Waals surface area contributed by atoms with E-state index in [1.807, 2.05) is 32.0 Å². The van der Waals surface area contributed by atoms with Crippen molar-refractivity contribution in [2.24, 2.45) is 5.92 Å². The second-order valence-electron chi connectivity index (χ2n) is 7.83. The van der Waals surface area contributed by atoms with E-state index < -0.39 is 11.9 Å². The molecule has 0 aromatic heterocycles. The number of nitrogens with one attached hydrogen (secondary N) is 4. The number of hydrogen-bond acceptors (Lipinski definition) is 3. The number of para-hydroxylation sites is 1. The minimum atomic E-state index is -0.798. The van der Waals surface area contributed by atoms with Crippen LogP contribution in [0.1, 0.15) is 24.2 Å². The summed E-state index contributed by atoms with van der Waals surface area (Å²) < 4.78 is 0. The fraction of sp³-hybridized carbons (Fsp3) is 0.160. The Morgan fingerprint density at radius 1 is 0.735 bits per heavy atom. The summed E-state index contributed by atoms with van der Waals surface area (Å²) in [6, 6.07) is 19.1. The van der Waals surface area contributed by atoms with E-state index in [1.54, 1.807) is 42.5 Å². The number of hydrogen-bond donors (Lipinski definition) is 4. The van der Waals surface area contributed by atoms with E-state index in [4.69, 9.17) is 23.2 Å². The highest BCUT2D eigenvalue weighted by molar-refractivity contribution is 6.36. The second kappa shape index (κ2) is 11.5. The molecule has 176 valence electrons. The average Bonchev–Trinajstić information content (AvgIpc) is 2.79. The Bertz CT molecular complexity index is 1170. The van der Waals surface area contributed by atoms with Gasteiger partial charge in [-0.2, -0.15) is 0 Å². The van der Waals surface area contributed by atoms with Crippen LogP contribution in [-0.2, 0) is 4.79 Å². The maximum absolute atomic E-state index is 12.9. The van der Waals surface area contributed by atoms with Gasteiger partial charge in [-0.15, -0.1) is 0 Å². The first-order chi connectivity index (χ1) is 16.2. The summed E-state index contributed by atoms with van der Waals surface area (Å²) >= 11 is 12.0. The van der Waals surface area contributed by atoms with Gasteiger partial charge in [-0.3, -0.25) is 9.59 Å². The highest BCUT2D eigenvalue weighted by Crippen LogP contribution is 2.21. The summed E-state index contributed by atoms with van der Waals surface area (Å²) in [6.07, 6.45) is 0. The number of benzene rings is 3. The lowest BCUT2D eigenvalue weighted by Gasteiger charge is -2.22. The predicted octanol–water partition coefficient (Wildman–Crippen LogP) is 6.03. The minimum Gasteiger partial charge on any atom is -0.340 e. The fourth-order valence-electron chi connectivity index (χ4n) is 3.10. The van der Waals surface area contributed by atoms with Crippen molar-refractivity contribution in [1.82, 2.24) is 5.32 Å². The number of rotatable bonds is 7. The topological polar surface area (TPSA) is 99.3 Å². The largest absolute Gasteiger partial charge is 0.340 e. The van der Waals surface area contributed by atoms with Crippen molar-refractivity contribution in [3.8, 4) is 0 Å². The zero-order valence-corrected chi connectivity index (χ0v) is 20.1. The standard InChI is InChI=1S/C25H24Cl2N4O3/c1-15(2)22(31-23(32)20-13-8-16(26)14-21(20)27)24(33)28-18-9-11-19(12-10-18)30-25(34)29-17-6-4-3-5-7-17/h3-15,22H,1-2H3,(H,28,33)(H,31,32)(H2,29,30,34). The number of urea groups is 1. The molecule has 1 unspecified atom stereocenters. The lowest BCUT2D eigenvalue weighted by Crippen LogP contribution is -2.47. The van der Waals surface area contributed by atoms with Gasteiger partial charge in [0.05, 0.1) is 10.6 Å². The molecule has 34 heavy (non-hydrogen) atoms. The molecule has 0 fully saturated rings. The van der Waals surface area contributed by atoms with Crippen LogP contribution in [0.15, 0.2) is 72.8 Å². The van der Waals surface area contributed by atoms with Crippen LogP contribution in [0.25, 0.3) is 0 Å². The maximum Gasteiger partial charge on any atom is 0.323 e. The second-order valence-corrected chi connectivity index (χ2v) is 8.67. The molecular weight excluding hydrogens is 475 g/mol. The van der Waals surface area contributed by atoms with Gasteiger partial charge in [0.1, 0.15) is 6.04 Å². The summed E-state index contributed by atoms with van der Waals surface area (Å²) in [5.41, 5.74) is 1.97. The van der Waals surface area contributed by atoms with Crippen molar-refractivity contribution < 1.29 is 14.4 Å². The molecule has 3 aromatic rings. The van der Waals surface area contributed by atoms with Crippen LogP contribution in [0.4, 0.5) is 21.9 Å². The number of carbonyl (C=O) groups is 3. The molecule has 0 bridgehead atoms. The molecule has 0 saturated carbocycles. The average molecular weight is 499 g/mol. The van der Waals surface area contributed by atoms with Gasteiger partial charge in [-0.05, 0) is 60.5 Å². The van der Waals surface area contributed by atoms with Gasteiger partial charge in [-0.25, -0.2) is 4.79 Å². The molecule has 3 rings (SSSR count). The van der Waals surface area contributed by atoms with E-state index in [0.717, 1.165) is 0 Å². The van der Waals surface area contributed by atoms with Crippen molar-refractivity contribution in [2.45, 2.75) is 19.9 Å². The molecule has 1 atom stereocenters. The number of carbonyl (C=O) groups excluding carboxylic acids is 3. The molecule has 0 aliphatic rings. The maximum atomic E-state index is 12.9. The quantitative estimate of drug-likeness (QED) is 0.319. The predicted molar refractivity (Wildman–Crippen MR) is 137 cm³/mol. The van der Waals surface area contributed by atoms with Crippen LogP contribution in [0, 0.1) is 5.92 Å². The fourth-order valence-corrected chi connectivity index (χ4v) is 3.59. The summed E-state index contributed by atoms with van der Waals surface area (Å²) in [6.45, 7) is 3.65. The smallest absolute Gasteiger partial charge is 0.323 e. The van der Waals surface area contributed by atoms with Gasteiger partial charge in [0, 0.05) is 22.1 Å². The molecule has 9 heteroatoms. The van der Waals surface area contributed by atoms with Gasteiger partial charge in [0.2, 0.25) is 5.91 Å². The lowest BCUT2D eigenvalue weighted by molar-refractivity contribution is -0.118. The third-order valence-electron chi connectivity index (χ3n) is 4.85. The summed E-state index contributed by atoms with van der Waals surface area (Å²) in [4.78, 5) is 37.7. The molecule has 0 aliphatic carbocycles. The number of amides is 4. The zero-order valence-electron chi connectivity index (χ0n) is 18.6. The Morgan fingerprint density at radius 3 is 1.85 bits per heavy atom. The van der Waals surface area contributed by atoms with Crippen molar-refractivity contribution >= 4 is 58.1 Å². The molecule has 0 heterocycles. The summed E-state index contributed by atoms with van der Waals surface area (Å²) in [7, 11) is 0. The van der Waals surface area contributed by atoms with Crippen LogP contribution >= 0.6 is 23.2 Å². The van der Waals surface area contributed by atoms with E-state index in [9.17, 15) is 14.4 Å². The normalized spacial score (nSPS) is 11.4. The van der Waals surface area contributed by atoms with Crippen molar-refractivity contribution in [2.75, 3.05) is 16.0 Å². The minimum absolute atomic E-state index is 0.183. The molecule has 0 aliphatic heterocycles. The molecule has 4 N–H and O–H groups in total. The first-order valence-corrected chi connectivity index (χ1v) is 11.3. The van der Waals surface area contributed by atoms with Gasteiger partial charge in [-0.1, -0.05) is 55.2 Å². The molecule has 7 nitrogen and oxygen atoms in total. The van der Waals surface area contributed by atoms with Crippen LogP contribution in [0.2, 0.25) is 10.0 Å². The van der Waals surface area contributed by atoms with E-state index >= 15 is 0 Å². The Labute approximate surface area is 207 Å². The van der Waals surface area contributed by atoms with E-state index in [1.165, 1.54) is 12.1 Å². The highest BCUT2D eigenvalue weighted by atomic mass is 35.5. The van der Waals surface area contributed by atoms with Crippen LogP contribution in [-0.4, -0.2) is 23.9 Å². The van der Waals surface area contributed by atoms with E-state index in [-0.39, 0.29) is 28.4 Å². The SMILES string of the molecule is CC(C)C(NC(=O)c1ccc(Cl)cc1Cl)C(=O)Nc1ccc(NC(=O)Nc2ccccc2)cc1. The summed E-state index contributed by atoms with van der Waals surface area (Å²) in [5, 5.41) is 11.6. The molecular formula is C25H24Cl2N4O3.